The van der Waals surface area contributed by atoms with Gasteiger partial charge in [0.25, 0.3) is 0 Å². The zero-order valence-electron chi connectivity index (χ0n) is 17.0. The van der Waals surface area contributed by atoms with Crippen LogP contribution in [0.5, 0.6) is 5.75 Å². The molecule has 2 heterocycles. The predicted molar refractivity (Wildman–Crippen MR) is 112 cm³/mol. The number of fused-ring (bicyclic) bond motifs is 4. The summed E-state index contributed by atoms with van der Waals surface area (Å²) in [6.07, 6.45) is 4.47. The van der Waals surface area contributed by atoms with Crippen LogP contribution in [0.3, 0.4) is 0 Å². The molecule has 0 aliphatic carbocycles. The number of aryl methyl sites for hydroxylation is 2. The molecule has 2 aromatic carbocycles. The number of rotatable bonds is 5. The molecule has 0 aliphatic heterocycles. The number of likely N-dealkylation sites (N-methyl/N-ethyl adjacent to an activating group) is 1. The first-order chi connectivity index (χ1) is 13.0. The second-order valence-electron chi connectivity index (χ2n) is 7.39. The second kappa shape index (κ2) is 7.98. The molecule has 0 unspecified atom stereocenters. The van der Waals surface area contributed by atoms with E-state index < -0.39 is 0 Å². The van der Waals surface area contributed by atoms with Gasteiger partial charge in [-0.05, 0) is 61.6 Å². The normalized spacial score (nSPS) is 11.6. The van der Waals surface area contributed by atoms with Crippen molar-refractivity contribution < 1.29 is 22.1 Å². The van der Waals surface area contributed by atoms with Crippen LogP contribution in [-0.4, -0.2) is 34.6 Å². The van der Waals surface area contributed by atoms with E-state index in [2.05, 4.69) is 60.6 Å². The molecule has 4 nitrogen and oxygen atoms in total. The molecule has 0 spiro atoms. The molecular formula is C23H28ClN3O. The number of phenols is 1. The molecular weight excluding hydrogens is 370 g/mol. The molecule has 4 rings (SSSR count). The highest BCUT2D eigenvalue weighted by Crippen LogP contribution is 2.37. The Morgan fingerprint density at radius 3 is 2.46 bits per heavy atom. The fourth-order valence-corrected chi connectivity index (χ4v) is 4.22. The van der Waals surface area contributed by atoms with Crippen LogP contribution < -0.4 is 17.0 Å². The smallest absolute Gasteiger partial charge is 0.176 e. The van der Waals surface area contributed by atoms with Crippen LogP contribution in [0.2, 0.25) is 0 Å². The zero-order chi connectivity index (χ0) is 19.1. The summed E-state index contributed by atoms with van der Waals surface area (Å²) in [6.45, 7) is 13.0. The average Bonchev–Trinajstić information content (AvgIpc) is 3.06. The third kappa shape index (κ3) is 3.31. The van der Waals surface area contributed by atoms with Crippen LogP contribution >= 0.6 is 0 Å². The Labute approximate surface area is 172 Å². The van der Waals surface area contributed by atoms with E-state index in [-0.39, 0.29) is 12.4 Å². The van der Waals surface area contributed by atoms with E-state index in [0.717, 1.165) is 37.1 Å². The number of hydrogen-bond acceptors (Lipinski definition) is 2. The van der Waals surface area contributed by atoms with Gasteiger partial charge >= 0.3 is 0 Å². The Morgan fingerprint density at radius 1 is 1.00 bits per heavy atom. The van der Waals surface area contributed by atoms with Gasteiger partial charge in [0.1, 0.15) is 5.75 Å². The SMILES string of the molecule is CCN(CC)CC[n+]1ccc2c(C)c3[nH]c4ccc(O)cc4c3c(C)c2c1.[Cl-]. The Balaban J connectivity index is 0.00000225. The van der Waals surface area contributed by atoms with Crippen molar-refractivity contribution in [1.29, 1.82) is 0 Å². The predicted octanol–water partition coefficient (Wildman–Crippen LogP) is 1.43. The van der Waals surface area contributed by atoms with Crippen molar-refractivity contribution in [3.63, 3.8) is 0 Å². The van der Waals surface area contributed by atoms with Gasteiger partial charge in [-0.15, -0.1) is 0 Å². The minimum Gasteiger partial charge on any atom is -1.00 e. The summed E-state index contributed by atoms with van der Waals surface area (Å²) in [4.78, 5) is 6.00. The molecule has 2 N–H and O–H groups in total. The molecule has 4 aromatic rings. The van der Waals surface area contributed by atoms with Crippen molar-refractivity contribution >= 4 is 32.6 Å². The first-order valence-corrected chi connectivity index (χ1v) is 9.82. The second-order valence-corrected chi connectivity index (χ2v) is 7.39. The lowest BCUT2D eigenvalue weighted by Gasteiger charge is -2.15. The van der Waals surface area contributed by atoms with Crippen LogP contribution in [-0.2, 0) is 6.54 Å². The Hall–Kier alpha value is -2.30. The highest BCUT2D eigenvalue weighted by molar-refractivity contribution is 6.16. The van der Waals surface area contributed by atoms with Gasteiger partial charge in [-0.2, -0.15) is 0 Å². The van der Waals surface area contributed by atoms with Gasteiger partial charge in [0.15, 0.2) is 18.9 Å². The van der Waals surface area contributed by atoms with Crippen molar-refractivity contribution in [3.8, 4) is 5.75 Å². The number of nitrogens with one attached hydrogen (secondary N) is 1. The minimum absolute atomic E-state index is 0. The number of pyridine rings is 1. The van der Waals surface area contributed by atoms with E-state index in [4.69, 9.17) is 0 Å². The average molecular weight is 398 g/mol. The summed E-state index contributed by atoms with van der Waals surface area (Å²) in [5.74, 6) is 0.308. The van der Waals surface area contributed by atoms with E-state index in [1.165, 1.54) is 32.8 Å². The molecule has 148 valence electrons. The third-order valence-electron chi connectivity index (χ3n) is 5.93. The number of halogens is 1. The summed E-state index contributed by atoms with van der Waals surface area (Å²) in [5, 5.41) is 14.8. The van der Waals surface area contributed by atoms with Crippen LogP contribution in [0.25, 0.3) is 32.6 Å². The lowest BCUT2D eigenvalue weighted by molar-refractivity contribution is -0.695. The van der Waals surface area contributed by atoms with Crippen molar-refractivity contribution in [2.45, 2.75) is 34.2 Å². The number of nitrogens with zero attached hydrogens (tertiary/aromatic N) is 2. The largest absolute Gasteiger partial charge is 1.00 e. The number of phenolic OH excluding ortho intramolecular Hbond substituents is 1. The zero-order valence-corrected chi connectivity index (χ0v) is 17.8. The molecule has 0 fully saturated rings. The lowest BCUT2D eigenvalue weighted by Crippen LogP contribution is -3.00. The van der Waals surface area contributed by atoms with Crippen LogP contribution in [0.15, 0.2) is 36.7 Å². The molecule has 0 bridgehead atoms. The van der Waals surface area contributed by atoms with Gasteiger partial charge < -0.3 is 22.5 Å². The van der Waals surface area contributed by atoms with Crippen LogP contribution in [0, 0.1) is 13.8 Å². The summed E-state index contributed by atoms with van der Waals surface area (Å²) in [5.41, 5.74) is 4.76. The highest BCUT2D eigenvalue weighted by atomic mass is 35.5. The fourth-order valence-electron chi connectivity index (χ4n) is 4.22. The molecule has 0 atom stereocenters. The van der Waals surface area contributed by atoms with E-state index in [0.29, 0.717) is 5.75 Å². The highest BCUT2D eigenvalue weighted by Gasteiger charge is 2.17. The third-order valence-corrected chi connectivity index (χ3v) is 5.93. The molecule has 0 saturated carbocycles. The maximum absolute atomic E-state index is 9.97. The maximum Gasteiger partial charge on any atom is 0.176 e. The van der Waals surface area contributed by atoms with Crippen molar-refractivity contribution in [2.75, 3.05) is 19.6 Å². The maximum atomic E-state index is 9.97. The lowest BCUT2D eigenvalue weighted by atomic mass is 9.97. The Morgan fingerprint density at radius 2 is 1.75 bits per heavy atom. The van der Waals surface area contributed by atoms with E-state index in [1.807, 2.05) is 12.1 Å². The number of aromatic nitrogens is 2. The standard InChI is InChI=1S/C23H27N3O.ClH/c1-5-25(6-2)11-12-26-10-9-18-16(4)23-22(15(3)20(18)14-26)19-13-17(27)7-8-21(19)24-23;/h7-10,13-14,27H,5-6,11-12H2,1-4H3;1H. The molecule has 2 aromatic heterocycles. The molecule has 0 saturated heterocycles. The molecule has 0 aliphatic rings. The topological polar surface area (TPSA) is 43.1 Å². The van der Waals surface area contributed by atoms with E-state index in [1.54, 1.807) is 6.07 Å². The summed E-state index contributed by atoms with van der Waals surface area (Å²) >= 11 is 0. The van der Waals surface area contributed by atoms with E-state index >= 15 is 0 Å². The number of hydrogen-bond donors (Lipinski definition) is 2. The molecule has 0 amide bonds. The summed E-state index contributed by atoms with van der Waals surface area (Å²) in [7, 11) is 0. The number of H-pyrrole nitrogens is 1. The van der Waals surface area contributed by atoms with Crippen LogP contribution in [0.1, 0.15) is 25.0 Å². The molecule has 5 heteroatoms. The summed E-state index contributed by atoms with van der Waals surface area (Å²) in [6, 6.07) is 7.80. The van der Waals surface area contributed by atoms with Crippen molar-refractivity contribution in [2.24, 2.45) is 0 Å². The fraction of sp³-hybridized carbons (Fsp3) is 0.348. The van der Waals surface area contributed by atoms with Crippen LogP contribution in [0.4, 0.5) is 0 Å². The van der Waals surface area contributed by atoms with Gasteiger partial charge in [-0.25, -0.2) is 4.57 Å². The van der Waals surface area contributed by atoms with Crippen molar-refractivity contribution in [3.05, 3.63) is 47.8 Å². The van der Waals surface area contributed by atoms with Gasteiger partial charge in [0.2, 0.25) is 0 Å². The number of benzene rings is 2. The Kier molecular flexibility index (Phi) is 5.82. The minimum atomic E-state index is 0. The molecule has 0 radical (unpaired) electrons. The number of aromatic hydroxyl groups is 1. The first kappa shape index (κ1) is 20.4. The molecule has 28 heavy (non-hydrogen) atoms. The van der Waals surface area contributed by atoms with Gasteiger partial charge in [0.05, 0.1) is 12.1 Å². The van der Waals surface area contributed by atoms with Gasteiger partial charge in [-0.1, -0.05) is 13.8 Å². The van der Waals surface area contributed by atoms with Gasteiger partial charge in [-0.3, -0.25) is 4.90 Å². The number of aromatic amines is 1. The monoisotopic (exact) mass is 397 g/mol. The van der Waals surface area contributed by atoms with E-state index in [9.17, 15) is 5.11 Å². The van der Waals surface area contributed by atoms with Crippen molar-refractivity contribution in [1.82, 2.24) is 9.88 Å². The Bertz CT molecular complexity index is 1150. The quantitative estimate of drug-likeness (QED) is 0.500. The first-order valence-electron chi connectivity index (χ1n) is 9.82. The van der Waals surface area contributed by atoms with Gasteiger partial charge in [0, 0.05) is 27.7 Å². The summed E-state index contributed by atoms with van der Waals surface area (Å²) < 4.78 is 2.30.